The fourth-order valence-corrected chi connectivity index (χ4v) is 2.44. The zero-order valence-electron chi connectivity index (χ0n) is 14.9. The minimum atomic E-state index is -0.266. The number of aryl methyl sites for hydroxylation is 2. The predicted octanol–water partition coefficient (Wildman–Crippen LogP) is 5.50. The molecule has 3 rings (SSSR count). The maximum Gasteiger partial charge on any atom is 0.139 e. The summed E-state index contributed by atoms with van der Waals surface area (Å²) in [5.74, 6) is 11.9. The molecule has 0 fully saturated rings. The molecule has 0 atom stereocenters. The molecule has 0 heterocycles. The second-order valence-electron chi connectivity index (χ2n) is 6.11. The van der Waals surface area contributed by atoms with Crippen LogP contribution in [0.4, 0.5) is 4.39 Å². The van der Waals surface area contributed by atoms with Gasteiger partial charge in [-0.3, -0.25) is 0 Å². The van der Waals surface area contributed by atoms with E-state index in [0.717, 1.165) is 28.7 Å². The highest BCUT2D eigenvalue weighted by Crippen LogP contribution is 2.10. The molecule has 0 aromatic heterocycles. The van der Waals surface area contributed by atoms with Gasteiger partial charge in [0.25, 0.3) is 0 Å². The van der Waals surface area contributed by atoms with Crippen LogP contribution >= 0.6 is 0 Å². The van der Waals surface area contributed by atoms with Crippen molar-refractivity contribution in [3.8, 4) is 23.7 Å². The molecule has 0 spiro atoms. The van der Waals surface area contributed by atoms with Crippen LogP contribution in [0, 0.1) is 36.4 Å². The first-order valence-electron chi connectivity index (χ1n) is 8.63. The van der Waals surface area contributed by atoms with E-state index in [2.05, 4.69) is 42.7 Å². The van der Waals surface area contributed by atoms with Gasteiger partial charge in [-0.15, -0.1) is 0 Å². The van der Waals surface area contributed by atoms with Gasteiger partial charge < -0.3 is 0 Å². The van der Waals surface area contributed by atoms with Crippen molar-refractivity contribution in [1.29, 1.82) is 0 Å². The van der Waals surface area contributed by atoms with Gasteiger partial charge in [-0.25, -0.2) is 4.39 Å². The molecule has 3 aromatic carbocycles. The van der Waals surface area contributed by atoms with Crippen molar-refractivity contribution in [2.75, 3.05) is 0 Å². The largest absolute Gasteiger partial charge is 0.206 e. The van der Waals surface area contributed by atoms with Crippen molar-refractivity contribution in [2.24, 2.45) is 0 Å². The highest BCUT2D eigenvalue weighted by Gasteiger charge is 1.99. The first-order valence-corrected chi connectivity index (χ1v) is 8.63. The van der Waals surface area contributed by atoms with Gasteiger partial charge in [0.05, 0.1) is 5.56 Å². The van der Waals surface area contributed by atoms with E-state index >= 15 is 0 Å². The molecular formula is C25H19F. The summed E-state index contributed by atoms with van der Waals surface area (Å²) in [6.45, 7) is 4.06. The van der Waals surface area contributed by atoms with Crippen molar-refractivity contribution < 1.29 is 4.39 Å². The maximum absolute atomic E-state index is 14.0. The topological polar surface area (TPSA) is 0 Å². The first kappa shape index (κ1) is 17.5. The molecule has 0 saturated heterocycles. The second kappa shape index (κ2) is 8.19. The lowest BCUT2D eigenvalue weighted by Crippen LogP contribution is -1.87. The lowest BCUT2D eigenvalue weighted by Gasteiger charge is -1.98. The summed E-state index contributed by atoms with van der Waals surface area (Å²) in [4.78, 5) is 0. The Balaban J connectivity index is 1.74. The normalized spacial score (nSPS) is 9.65. The zero-order chi connectivity index (χ0) is 18.4. The lowest BCUT2D eigenvalue weighted by atomic mass is 10.1. The van der Waals surface area contributed by atoms with E-state index in [-0.39, 0.29) is 5.82 Å². The van der Waals surface area contributed by atoms with Gasteiger partial charge in [0.15, 0.2) is 0 Å². The number of hydrogen-bond acceptors (Lipinski definition) is 0. The van der Waals surface area contributed by atoms with Gasteiger partial charge in [-0.05, 0) is 67.4 Å². The minimum Gasteiger partial charge on any atom is -0.206 e. The number of halogens is 1. The summed E-state index contributed by atoms with van der Waals surface area (Å²) in [7, 11) is 0. The van der Waals surface area contributed by atoms with E-state index < -0.39 is 0 Å². The van der Waals surface area contributed by atoms with Crippen LogP contribution < -0.4 is 0 Å². The average molecular weight is 338 g/mol. The Labute approximate surface area is 154 Å². The number of hydrogen-bond donors (Lipinski definition) is 0. The van der Waals surface area contributed by atoms with Crippen LogP contribution in [0.3, 0.4) is 0 Å². The predicted molar refractivity (Wildman–Crippen MR) is 105 cm³/mol. The number of benzene rings is 3. The van der Waals surface area contributed by atoms with Crippen molar-refractivity contribution in [3.63, 3.8) is 0 Å². The molecule has 1 heteroatoms. The van der Waals surface area contributed by atoms with Crippen molar-refractivity contribution in [3.05, 3.63) is 106 Å². The van der Waals surface area contributed by atoms with E-state index in [1.54, 1.807) is 12.1 Å². The Morgan fingerprint density at radius 3 is 1.69 bits per heavy atom. The molecule has 0 aliphatic rings. The Morgan fingerprint density at radius 1 is 0.692 bits per heavy atom. The van der Waals surface area contributed by atoms with Crippen molar-refractivity contribution in [2.45, 2.75) is 20.3 Å². The zero-order valence-corrected chi connectivity index (χ0v) is 14.9. The molecular weight excluding hydrogens is 319 g/mol. The summed E-state index contributed by atoms with van der Waals surface area (Å²) in [6, 6.07) is 21.0. The summed E-state index contributed by atoms with van der Waals surface area (Å²) in [5, 5.41) is 0. The standard InChI is InChI=1S/C25H19F/c1-3-20-14-16-24(25(26)18-20)17-15-23-12-10-22(11-13-23)9-8-21-6-4-19(2)5-7-21/h4-7,10-14,16,18H,3H2,1-2H3. The summed E-state index contributed by atoms with van der Waals surface area (Å²) in [5.41, 5.74) is 5.37. The fraction of sp³-hybridized carbons (Fsp3) is 0.120. The minimum absolute atomic E-state index is 0.266. The SMILES string of the molecule is CCc1ccc(C#Cc2ccc(C#Cc3ccc(C)cc3)cc2)c(F)c1. The van der Waals surface area contributed by atoms with Gasteiger partial charge >= 0.3 is 0 Å². The molecule has 0 N–H and O–H groups in total. The van der Waals surface area contributed by atoms with Gasteiger partial charge in [0, 0.05) is 16.7 Å². The number of rotatable bonds is 1. The molecule has 0 bridgehead atoms. The molecule has 0 nitrogen and oxygen atoms in total. The quantitative estimate of drug-likeness (QED) is 0.514. The van der Waals surface area contributed by atoms with E-state index in [9.17, 15) is 4.39 Å². The Hall–Kier alpha value is -3.29. The van der Waals surface area contributed by atoms with Crippen LogP contribution in [0.1, 0.15) is 40.3 Å². The van der Waals surface area contributed by atoms with Gasteiger partial charge in [-0.1, -0.05) is 54.4 Å². The third kappa shape index (κ3) is 4.62. The Kier molecular flexibility index (Phi) is 5.52. The van der Waals surface area contributed by atoms with E-state index in [1.807, 2.05) is 49.4 Å². The molecule has 0 radical (unpaired) electrons. The molecule has 0 amide bonds. The first-order chi connectivity index (χ1) is 12.6. The van der Waals surface area contributed by atoms with Gasteiger partial charge in [-0.2, -0.15) is 0 Å². The maximum atomic E-state index is 14.0. The van der Waals surface area contributed by atoms with Crippen molar-refractivity contribution >= 4 is 0 Å². The van der Waals surface area contributed by atoms with E-state index in [0.29, 0.717) is 5.56 Å². The molecule has 0 aliphatic carbocycles. The van der Waals surface area contributed by atoms with E-state index in [1.165, 1.54) is 5.56 Å². The second-order valence-corrected chi connectivity index (χ2v) is 6.11. The van der Waals surface area contributed by atoms with Gasteiger partial charge in [0.2, 0.25) is 0 Å². The van der Waals surface area contributed by atoms with Crippen LogP contribution in [-0.4, -0.2) is 0 Å². The smallest absolute Gasteiger partial charge is 0.139 e. The molecule has 126 valence electrons. The Morgan fingerprint density at radius 2 is 1.19 bits per heavy atom. The van der Waals surface area contributed by atoms with Crippen LogP contribution in [-0.2, 0) is 6.42 Å². The molecule has 0 aliphatic heterocycles. The monoisotopic (exact) mass is 338 g/mol. The summed E-state index contributed by atoms with van der Waals surface area (Å²) >= 11 is 0. The lowest BCUT2D eigenvalue weighted by molar-refractivity contribution is 0.622. The molecule has 26 heavy (non-hydrogen) atoms. The van der Waals surface area contributed by atoms with E-state index in [4.69, 9.17) is 0 Å². The Bertz CT molecular complexity index is 1020. The van der Waals surface area contributed by atoms with Crippen LogP contribution in [0.5, 0.6) is 0 Å². The van der Waals surface area contributed by atoms with Crippen LogP contribution in [0.25, 0.3) is 0 Å². The summed E-state index contributed by atoms with van der Waals surface area (Å²) < 4.78 is 14.0. The molecule has 0 saturated carbocycles. The van der Waals surface area contributed by atoms with Crippen molar-refractivity contribution in [1.82, 2.24) is 0 Å². The van der Waals surface area contributed by atoms with Crippen LogP contribution in [0.2, 0.25) is 0 Å². The van der Waals surface area contributed by atoms with Crippen LogP contribution in [0.15, 0.2) is 66.7 Å². The molecule has 0 unspecified atom stereocenters. The molecule has 3 aromatic rings. The third-order valence-electron chi connectivity index (χ3n) is 4.07. The fourth-order valence-electron chi connectivity index (χ4n) is 2.44. The highest BCUT2D eigenvalue weighted by atomic mass is 19.1. The third-order valence-corrected chi connectivity index (χ3v) is 4.07. The average Bonchev–Trinajstić information content (AvgIpc) is 2.67. The van der Waals surface area contributed by atoms with Gasteiger partial charge in [0.1, 0.15) is 5.82 Å². The highest BCUT2D eigenvalue weighted by molar-refractivity contribution is 5.48. The summed E-state index contributed by atoms with van der Waals surface area (Å²) in [6.07, 6.45) is 0.815.